The van der Waals surface area contributed by atoms with E-state index in [9.17, 15) is 4.39 Å². The van der Waals surface area contributed by atoms with Gasteiger partial charge in [0.15, 0.2) is 5.96 Å². The highest BCUT2D eigenvalue weighted by Crippen LogP contribution is 2.16. The average molecular weight is 286 g/mol. The van der Waals surface area contributed by atoms with Crippen molar-refractivity contribution < 1.29 is 9.13 Å². The van der Waals surface area contributed by atoms with Gasteiger partial charge in [0.05, 0.1) is 17.7 Å². The van der Waals surface area contributed by atoms with Gasteiger partial charge in [-0.25, -0.2) is 9.38 Å². The summed E-state index contributed by atoms with van der Waals surface area (Å²) in [5.41, 5.74) is 6.56. The van der Waals surface area contributed by atoms with E-state index in [4.69, 9.17) is 22.1 Å². The van der Waals surface area contributed by atoms with Crippen molar-refractivity contribution in [2.24, 2.45) is 10.7 Å². The van der Waals surface area contributed by atoms with Gasteiger partial charge in [0.25, 0.3) is 0 Å². The molecule has 1 unspecified atom stereocenters. The summed E-state index contributed by atoms with van der Waals surface area (Å²) >= 11 is 5.69. The Labute approximate surface area is 116 Å². The van der Waals surface area contributed by atoms with E-state index in [1.54, 1.807) is 12.1 Å². The number of hydrogen-bond acceptors (Lipinski definition) is 2. The van der Waals surface area contributed by atoms with Crippen LogP contribution in [0.1, 0.15) is 18.4 Å². The van der Waals surface area contributed by atoms with E-state index in [1.165, 1.54) is 6.07 Å². The predicted octanol–water partition coefficient (Wildman–Crippen LogP) is 2.06. The summed E-state index contributed by atoms with van der Waals surface area (Å²) in [6.07, 6.45) is 2.36. The fourth-order valence-electron chi connectivity index (χ4n) is 1.89. The maximum atomic E-state index is 13.0. The Balaban J connectivity index is 1.81. The van der Waals surface area contributed by atoms with Crippen LogP contribution in [0.15, 0.2) is 23.2 Å². The van der Waals surface area contributed by atoms with Gasteiger partial charge in [0, 0.05) is 13.2 Å². The molecule has 0 radical (unpaired) electrons. The van der Waals surface area contributed by atoms with Crippen LogP contribution in [0.5, 0.6) is 0 Å². The van der Waals surface area contributed by atoms with Gasteiger partial charge in [-0.3, -0.25) is 0 Å². The molecular weight excluding hydrogens is 269 g/mol. The van der Waals surface area contributed by atoms with Gasteiger partial charge in [0.2, 0.25) is 0 Å². The van der Waals surface area contributed by atoms with Gasteiger partial charge >= 0.3 is 0 Å². The second kappa shape index (κ2) is 6.73. The lowest BCUT2D eigenvalue weighted by molar-refractivity contribution is 0.114. The highest BCUT2D eigenvalue weighted by atomic mass is 35.5. The minimum absolute atomic E-state index is 0.0959. The largest absolute Gasteiger partial charge is 0.376 e. The highest BCUT2D eigenvalue weighted by molar-refractivity contribution is 6.30. The maximum Gasteiger partial charge on any atom is 0.189 e. The number of hydrogen-bond donors (Lipinski definition) is 2. The van der Waals surface area contributed by atoms with Crippen LogP contribution in [0.4, 0.5) is 4.39 Å². The van der Waals surface area contributed by atoms with E-state index >= 15 is 0 Å². The van der Waals surface area contributed by atoms with Crippen molar-refractivity contribution in [3.05, 3.63) is 34.6 Å². The molecule has 1 aromatic carbocycles. The monoisotopic (exact) mass is 285 g/mol. The number of benzene rings is 1. The van der Waals surface area contributed by atoms with E-state index in [2.05, 4.69) is 10.3 Å². The van der Waals surface area contributed by atoms with Crippen LogP contribution in [-0.4, -0.2) is 25.2 Å². The van der Waals surface area contributed by atoms with Crippen molar-refractivity contribution in [3.8, 4) is 0 Å². The van der Waals surface area contributed by atoms with Crippen LogP contribution in [0.2, 0.25) is 5.02 Å². The van der Waals surface area contributed by atoms with E-state index in [0.717, 1.165) is 25.0 Å². The fraction of sp³-hybridized carbons (Fsp3) is 0.462. The Morgan fingerprint density at radius 2 is 2.42 bits per heavy atom. The Morgan fingerprint density at radius 1 is 1.58 bits per heavy atom. The number of nitrogens with two attached hydrogens (primary N) is 1. The molecule has 2 rings (SSSR count). The summed E-state index contributed by atoms with van der Waals surface area (Å²) in [5.74, 6) is -0.0742. The average Bonchev–Trinajstić information content (AvgIpc) is 2.91. The molecule has 0 aliphatic carbocycles. The zero-order valence-corrected chi connectivity index (χ0v) is 11.3. The van der Waals surface area contributed by atoms with Gasteiger partial charge in [-0.05, 0) is 30.5 Å². The van der Waals surface area contributed by atoms with Gasteiger partial charge in [-0.1, -0.05) is 17.7 Å². The zero-order valence-electron chi connectivity index (χ0n) is 10.5. The van der Waals surface area contributed by atoms with Crippen molar-refractivity contribution in [1.29, 1.82) is 0 Å². The Bertz CT molecular complexity index is 461. The van der Waals surface area contributed by atoms with Crippen LogP contribution in [0.3, 0.4) is 0 Å². The third-order valence-electron chi connectivity index (χ3n) is 2.95. The molecule has 1 heterocycles. The molecule has 0 saturated carbocycles. The van der Waals surface area contributed by atoms with E-state index < -0.39 is 5.82 Å². The second-order valence-corrected chi connectivity index (χ2v) is 4.87. The first-order valence-electron chi connectivity index (χ1n) is 6.24. The first kappa shape index (κ1) is 14.1. The van der Waals surface area contributed by atoms with E-state index in [-0.39, 0.29) is 11.1 Å². The van der Waals surface area contributed by atoms with E-state index in [1.807, 2.05) is 0 Å². The van der Waals surface area contributed by atoms with Crippen LogP contribution < -0.4 is 11.1 Å². The molecule has 0 amide bonds. The third-order valence-corrected chi connectivity index (χ3v) is 3.24. The number of nitrogens with one attached hydrogen (secondary N) is 1. The molecule has 1 aliphatic rings. The van der Waals surface area contributed by atoms with Crippen molar-refractivity contribution in [2.75, 3.05) is 13.2 Å². The number of nitrogens with zero attached hydrogens (tertiary/aromatic N) is 1. The molecule has 4 nitrogen and oxygen atoms in total. The molecular formula is C13H17ClFN3O. The molecule has 1 atom stereocenters. The highest BCUT2D eigenvalue weighted by Gasteiger charge is 2.14. The fourth-order valence-corrected chi connectivity index (χ4v) is 2.10. The van der Waals surface area contributed by atoms with Crippen molar-refractivity contribution in [1.82, 2.24) is 5.32 Å². The standard InChI is InChI=1S/C13H17ClFN3O/c14-11-6-9(3-4-12(11)15)7-17-13(16)18-8-10-2-1-5-19-10/h3-4,6,10H,1-2,5,7-8H2,(H3,16,17,18). The quantitative estimate of drug-likeness (QED) is 0.658. The lowest BCUT2D eigenvalue weighted by Gasteiger charge is -2.11. The maximum absolute atomic E-state index is 13.0. The number of aliphatic imine (C=N–C) groups is 1. The minimum Gasteiger partial charge on any atom is -0.376 e. The first-order valence-corrected chi connectivity index (χ1v) is 6.62. The van der Waals surface area contributed by atoms with Gasteiger partial charge < -0.3 is 15.8 Å². The summed E-state index contributed by atoms with van der Waals surface area (Å²) in [6, 6.07) is 4.51. The van der Waals surface area contributed by atoms with Gasteiger partial charge in [-0.15, -0.1) is 0 Å². The smallest absolute Gasteiger partial charge is 0.189 e. The molecule has 0 bridgehead atoms. The number of guanidine groups is 1. The SMILES string of the molecule is NC(=NCc1ccc(F)c(Cl)c1)NCC1CCCO1. The number of rotatable bonds is 4. The summed E-state index contributed by atoms with van der Waals surface area (Å²) < 4.78 is 18.4. The summed E-state index contributed by atoms with van der Waals surface area (Å²) in [4.78, 5) is 4.17. The predicted molar refractivity (Wildman–Crippen MR) is 73.7 cm³/mol. The number of halogens is 2. The van der Waals surface area contributed by atoms with Gasteiger partial charge in [-0.2, -0.15) is 0 Å². The molecule has 1 saturated heterocycles. The lowest BCUT2D eigenvalue weighted by atomic mass is 10.2. The van der Waals surface area contributed by atoms with Crippen molar-refractivity contribution in [2.45, 2.75) is 25.5 Å². The van der Waals surface area contributed by atoms with E-state index in [0.29, 0.717) is 19.0 Å². The summed E-state index contributed by atoms with van der Waals surface area (Å²) in [6.45, 7) is 1.85. The normalized spacial score (nSPS) is 19.7. The minimum atomic E-state index is -0.432. The second-order valence-electron chi connectivity index (χ2n) is 4.47. The molecule has 1 aromatic rings. The Morgan fingerprint density at radius 3 is 3.11 bits per heavy atom. The molecule has 19 heavy (non-hydrogen) atoms. The topological polar surface area (TPSA) is 59.6 Å². The summed E-state index contributed by atoms with van der Waals surface area (Å²) in [7, 11) is 0. The first-order chi connectivity index (χ1) is 9.15. The number of ether oxygens (including phenoxy) is 1. The van der Waals surface area contributed by atoms with Crippen LogP contribution >= 0.6 is 11.6 Å². The van der Waals surface area contributed by atoms with Crippen LogP contribution in [-0.2, 0) is 11.3 Å². The molecule has 1 aliphatic heterocycles. The Hall–Kier alpha value is -1.33. The summed E-state index contributed by atoms with van der Waals surface area (Å²) in [5, 5.41) is 3.11. The molecule has 104 valence electrons. The Kier molecular flexibility index (Phi) is 4.99. The lowest BCUT2D eigenvalue weighted by Crippen LogP contribution is -2.37. The molecule has 1 fully saturated rings. The van der Waals surface area contributed by atoms with Crippen LogP contribution in [0, 0.1) is 5.82 Å². The molecule has 6 heteroatoms. The molecule has 3 N–H and O–H groups in total. The van der Waals surface area contributed by atoms with Crippen molar-refractivity contribution in [3.63, 3.8) is 0 Å². The van der Waals surface area contributed by atoms with Crippen molar-refractivity contribution >= 4 is 17.6 Å². The third kappa shape index (κ3) is 4.36. The zero-order chi connectivity index (χ0) is 13.7. The molecule has 0 aromatic heterocycles. The van der Waals surface area contributed by atoms with Gasteiger partial charge in [0.1, 0.15) is 5.82 Å². The van der Waals surface area contributed by atoms with Crippen LogP contribution in [0.25, 0.3) is 0 Å². The molecule has 0 spiro atoms.